The van der Waals surface area contributed by atoms with Gasteiger partial charge in [0.05, 0.1) is 11.9 Å². The van der Waals surface area contributed by atoms with Crippen LogP contribution in [0.15, 0.2) is 63.9 Å². The number of anilines is 1. The zero-order valence-corrected chi connectivity index (χ0v) is 32.0. The van der Waals surface area contributed by atoms with E-state index in [1.807, 2.05) is 16.9 Å². The van der Waals surface area contributed by atoms with Crippen LogP contribution in [-0.4, -0.2) is 60.6 Å². The molecule has 4 aromatic rings. The lowest BCUT2D eigenvalue weighted by Crippen LogP contribution is -2.35. The number of aromatic nitrogens is 4. The Morgan fingerprint density at radius 2 is 1.56 bits per heavy atom. The molecule has 5 N–H and O–H groups in total. The topological polar surface area (TPSA) is 238 Å². The number of carbonyl (C=O) groups excluding carboxylic acids is 3. The van der Waals surface area contributed by atoms with E-state index < -0.39 is 37.8 Å². The lowest BCUT2D eigenvalue weighted by atomic mass is 9.98. The number of aliphatic imine (C=N–C) groups is 1. The van der Waals surface area contributed by atoms with Gasteiger partial charge in [0.15, 0.2) is 10.1 Å². The summed E-state index contributed by atoms with van der Waals surface area (Å²) in [4.78, 5) is 38.1. The Labute approximate surface area is 318 Å². The number of aryl methyl sites for hydroxylation is 2. The Kier molecular flexibility index (Phi) is 11.1. The summed E-state index contributed by atoms with van der Waals surface area (Å²) >= 11 is 0. The number of rotatable bonds is 5. The van der Waals surface area contributed by atoms with Crippen molar-refractivity contribution >= 4 is 61.8 Å². The van der Waals surface area contributed by atoms with Gasteiger partial charge in [0.2, 0.25) is 6.08 Å². The number of sulfonamides is 2. The smallest absolute Gasteiger partial charge is 0.435 e. The van der Waals surface area contributed by atoms with Gasteiger partial charge in [-0.15, -0.1) is 5.10 Å². The molecule has 16 nitrogen and oxygen atoms in total. The molecule has 2 aromatic heterocycles. The molecule has 288 valence electrons. The number of urea groups is 1. The Hall–Kier alpha value is -5.68. The van der Waals surface area contributed by atoms with Gasteiger partial charge < -0.3 is 10.1 Å². The lowest BCUT2D eigenvalue weighted by Gasteiger charge is -2.18. The van der Waals surface area contributed by atoms with E-state index in [0.717, 1.165) is 83.8 Å². The van der Waals surface area contributed by atoms with Crippen LogP contribution in [-0.2, 0) is 68.1 Å². The van der Waals surface area contributed by atoms with Crippen molar-refractivity contribution in [1.82, 2.24) is 24.7 Å². The Balaban J connectivity index is 0.000000146. The number of nitrogens with two attached hydrogens (primary N) is 1. The molecule has 0 unspecified atom stereocenters. The number of hydrogen-bond donors (Lipinski definition) is 4. The largest absolute Gasteiger partial charge is 0.442 e. The monoisotopic (exact) mass is 788 g/mol. The van der Waals surface area contributed by atoms with Crippen LogP contribution in [0.4, 0.5) is 21.0 Å². The fourth-order valence-corrected chi connectivity index (χ4v) is 8.12. The highest BCUT2D eigenvalue weighted by Crippen LogP contribution is 2.40. The first-order valence-electron chi connectivity index (χ1n) is 17.5. The summed E-state index contributed by atoms with van der Waals surface area (Å²) in [5.41, 5.74) is 10.6. The van der Waals surface area contributed by atoms with Gasteiger partial charge in [0.25, 0.3) is 20.0 Å². The third-order valence-electron chi connectivity index (χ3n) is 9.12. The van der Waals surface area contributed by atoms with Gasteiger partial charge in [0, 0.05) is 11.9 Å². The SMILES string of the molecule is CC(C)(C)OC(=O)n1ccc(S(N)(=O)=O)n1.O=C(Nc1c2c(cc3c1CCC3)C=CC2)NS(=O)(=O)c1ccn[nH]1.O=C=Nc1c2c(cc3c1CCC3)C=CC2. The molecule has 0 fully saturated rings. The van der Waals surface area contributed by atoms with E-state index in [2.05, 4.69) is 49.9 Å². The van der Waals surface area contributed by atoms with Crippen LogP contribution in [0, 0.1) is 0 Å². The second kappa shape index (κ2) is 15.6. The number of amides is 2. The molecule has 0 radical (unpaired) electrons. The molecule has 0 saturated carbocycles. The zero-order valence-electron chi connectivity index (χ0n) is 30.4. The predicted octanol–water partition coefficient (Wildman–Crippen LogP) is 5.00. The molecule has 0 atom stereocenters. The molecule has 0 aliphatic heterocycles. The molecule has 2 heterocycles. The number of hydrogen-bond acceptors (Lipinski definition) is 11. The molecule has 55 heavy (non-hydrogen) atoms. The summed E-state index contributed by atoms with van der Waals surface area (Å²) in [6, 6.07) is 6.08. The van der Waals surface area contributed by atoms with Crippen molar-refractivity contribution in [1.29, 1.82) is 0 Å². The molecule has 4 aliphatic carbocycles. The minimum absolute atomic E-state index is 0.150. The Morgan fingerprint density at radius 3 is 2.16 bits per heavy atom. The molecule has 8 rings (SSSR count). The summed E-state index contributed by atoms with van der Waals surface area (Å²) in [5.74, 6) is 0. The van der Waals surface area contributed by atoms with Crippen LogP contribution in [0.5, 0.6) is 0 Å². The normalized spacial score (nSPS) is 14.6. The Bertz CT molecular complexity index is 2480. The molecule has 2 amide bonds. The van der Waals surface area contributed by atoms with Gasteiger partial charge in [-0.2, -0.15) is 23.2 Å². The number of isocyanates is 1. The average Bonchev–Trinajstić information content (AvgIpc) is 3.96. The number of nitrogens with one attached hydrogen (secondary N) is 3. The summed E-state index contributed by atoms with van der Waals surface area (Å²) in [5, 5.41) is 16.5. The number of ether oxygens (including phenoxy) is 1. The summed E-state index contributed by atoms with van der Waals surface area (Å²) in [6.45, 7) is 5.07. The van der Waals surface area contributed by atoms with Crippen molar-refractivity contribution in [3.63, 3.8) is 0 Å². The molecule has 0 saturated heterocycles. The van der Waals surface area contributed by atoms with Gasteiger partial charge in [-0.3, -0.25) is 5.10 Å². The first-order valence-corrected chi connectivity index (χ1v) is 20.5. The quantitative estimate of drug-likeness (QED) is 0.156. The van der Waals surface area contributed by atoms with E-state index in [9.17, 15) is 31.2 Å². The number of nitrogens with zero attached hydrogens (tertiary/aromatic N) is 4. The van der Waals surface area contributed by atoms with Crippen molar-refractivity contribution in [3.8, 4) is 0 Å². The zero-order chi connectivity index (χ0) is 39.5. The van der Waals surface area contributed by atoms with Crippen LogP contribution < -0.4 is 15.2 Å². The van der Waals surface area contributed by atoms with E-state index in [-0.39, 0.29) is 10.1 Å². The van der Waals surface area contributed by atoms with Crippen LogP contribution in [0.1, 0.15) is 78.1 Å². The van der Waals surface area contributed by atoms with Crippen molar-refractivity contribution in [2.24, 2.45) is 10.1 Å². The van der Waals surface area contributed by atoms with Gasteiger partial charge in [-0.05, 0) is 129 Å². The molecular weight excluding hydrogens is 749 g/mol. The minimum Gasteiger partial charge on any atom is -0.442 e. The summed E-state index contributed by atoms with van der Waals surface area (Å²) in [7, 11) is -7.86. The van der Waals surface area contributed by atoms with Crippen molar-refractivity contribution in [2.45, 2.75) is 87.8 Å². The standard InChI is InChI=1S/C16H16N4O3S.C13H11NO.C8H13N3O4S/c21-16(20-24(22,23)14-7-8-17-19-14)18-15-12-5-1-3-10(12)9-11-4-2-6-13(11)15;15-8-14-13-11-5-1-3-9(11)7-10-4-2-6-12(10)13;1-8(2,3)15-7(12)11-5-4-6(10-11)16(9,13)14/h1,3,7-9H,2,4-6H2,(H,17,19)(H2,18,20,21);1,3,7H,2,4-6H2;4-5H,1-3H3,(H2,9,13,14). The van der Waals surface area contributed by atoms with Gasteiger partial charge >= 0.3 is 12.1 Å². The molecule has 0 spiro atoms. The second-order valence-electron chi connectivity index (χ2n) is 14.1. The van der Waals surface area contributed by atoms with Gasteiger partial charge in [-0.25, -0.2) is 32.7 Å². The third kappa shape index (κ3) is 9.00. The minimum atomic E-state index is -3.96. The number of benzene rings is 2. The number of allylic oxidation sites excluding steroid dienone is 2. The summed E-state index contributed by atoms with van der Waals surface area (Å²) < 4.78 is 53.8. The average molecular weight is 789 g/mol. The molecular formula is C37H40N8O8S2. The molecule has 4 aliphatic rings. The van der Waals surface area contributed by atoms with Crippen molar-refractivity contribution < 1.29 is 36.0 Å². The highest BCUT2D eigenvalue weighted by molar-refractivity contribution is 7.90. The number of primary sulfonamides is 1. The maximum absolute atomic E-state index is 12.3. The van der Waals surface area contributed by atoms with E-state index in [4.69, 9.17) is 9.88 Å². The van der Waals surface area contributed by atoms with Gasteiger partial charge in [-0.1, -0.05) is 36.4 Å². The molecule has 2 aromatic carbocycles. The fraction of sp³-hybridized carbons (Fsp3) is 0.324. The van der Waals surface area contributed by atoms with E-state index in [1.54, 1.807) is 26.9 Å². The van der Waals surface area contributed by atoms with E-state index in [1.165, 1.54) is 52.7 Å². The number of fused-ring (bicyclic) bond motifs is 4. The fourth-order valence-electron chi connectivity index (χ4n) is 6.85. The lowest BCUT2D eigenvalue weighted by molar-refractivity contribution is 0.0512. The number of aromatic amines is 1. The maximum Gasteiger partial charge on any atom is 0.435 e. The summed E-state index contributed by atoms with van der Waals surface area (Å²) in [6.07, 6.45) is 19.7. The number of carbonyl (C=O) groups is 2. The van der Waals surface area contributed by atoms with Crippen LogP contribution >= 0.6 is 0 Å². The van der Waals surface area contributed by atoms with Crippen LogP contribution in [0.2, 0.25) is 0 Å². The number of H-pyrrole nitrogens is 1. The first-order chi connectivity index (χ1) is 26.0. The maximum atomic E-state index is 12.3. The third-order valence-corrected chi connectivity index (χ3v) is 11.2. The Morgan fingerprint density at radius 1 is 0.927 bits per heavy atom. The van der Waals surface area contributed by atoms with Crippen molar-refractivity contribution in [2.75, 3.05) is 5.32 Å². The van der Waals surface area contributed by atoms with Crippen LogP contribution in [0.25, 0.3) is 12.2 Å². The van der Waals surface area contributed by atoms with E-state index >= 15 is 0 Å². The molecule has 0 bridgehead atoms. The van der Waals surface area contributed by atoms with Gasteiger partial charge in [0.1, 0.15) is 5.60 Å². The first kappa shape index (κ1) is 39.0. The van der Waals surface area contributed by atoms with E-state index in [0.29, 0.717) is 0 Å². The van der Waals surface area contributed by atoms with Crippen LogP contribution in [0.3, 0.4) is 0 Å². The van der Waals surface area contributed by atoms with Crippen molar-refractivity contribution in [3.05, 3.63) is 93.3 Å². The predicted molar refractivity (Wildman–Crippen MR) is 203 cm³/mol. The highest BCUT2D eigenvalue weighted by atomic mass is 32.2. The molecule has 18 heteroatoms. The second-order valence-corrected chi connectivity index (χ2v) is 17.3. The highest BCUT2D eigenvalue weighted by Gasteiger charge is 2.26.